The van der Waals surface area contributed by atoms with Gasteiger partial charge in [0.05, 0.1) is 19.9 Å². The summed E-state index contributed by atoms with van der Waals surface area (Å²) in [5.74, 6) is 0.826. The fourth-order valence-electron chi connectivity index (χ4n) is 4.31. The van der Waals surface area contributed by atoms with Crippen molar-refractivity contribution in [2.75, 3.05) is 25.7 Å². The first kappa shape index (κ1) is 25.2. The van der Waals surface area contributed by atoms with Crippen molar-refractivity contribution in [2.45, 2.75) is 51.6 Å². The number of benzene rings is 2. The van der Waals surface area contributed by atoms with Crippen LogP contribution in [-0.4, -0.2) is 58.8 Å². The van der Waals surface area contributed by atoms with Crippen LogP contribution in [0, 0.1) is 6.92 Å². The van der Waals surface area contributed by atoms with E-state index < -0.39 is 0 Å². The number of aryl methyl sites for hydroxylation is 1. The van der Waals surface area contributed by atoms with E-state index in [9.17, 15) is 9.59 Å². The van der Waals surface area contributed by atoms with Gasteiger partial charge in [-0.05, 0) is 37.1 Å². The van der Waals surface area contributed by atoms with Crippen LogP contribution in [0.4, 0.5) is 5.69 Å². The molecule has 0 unspecified atom stereocenters. The molecular formula is C26H32N6O4. The van der Waals surface area contributed by atoms with Gasteiger partial charge in [0, 0.05) is 17.7 Å². The number of hydrogen-bond acceptors (Lipinski definition) is 7. The molecule has 1 saturated carbocycles. The van der Waals surface area contributed by atoms with E-state index in [2.05, 4.69) is 20.7 Å². The van der Waals surface area contributed by atoms with Gasteiger partial charge in [0.1, 0.15) is 24.6 Å². The maximum absolute atomic E-state index is 13.5. The van der Waals surface area contributed by atoms with Crippen LogP contribution in [0.5, 0.6) is 11.5 Å². The van der Waals surface area contributed by atoms with Crippen LogP contribution >= 0.6 is 0 Å². The molecule has 0 aliphatic heterocycles. The SMILES string of the molecule is COc1ccc(N(CC(=O)NC2CCCCC2)C(=O)Cn2nnc(-c3ccc(C)cc3)n2)c(OC)c1. The number of carbonyl (C=O) groups is 2. The molecule has 1 heterocycles. The van der Waals surface area contributed by atoms with Crippen LogP contribution < -0.4 is 19.7 Å². The average Bonchev–Trinajstić information content (AvgIpc) is 3.36. The van der Waals surface area contributed by atoms with Crippen LogP contribution in [0.3, 0.4) is 0 Å². The first-order valence-corrected chi connectivity index (χ1v) is 12.1. The highest BCUT2D eigenvalue weighted by atomic mass is 16.5. The van der Waals surface area contributed by atoms with Crippen LogP contribution in [0.2, 0.25) is 0 Å². The fraction of sp³-hybridized carbons (Fsp3) is 0.423. The number of tetrazole rings is 1. The van der Waals surface area contributed by atoms with E-state index in [1.807, 2.05) is 31.2 Å². The second-order valence-electron chi connectivity index (χ2n) is 8.93. The zero-order chi connectivity index (χ0) is 25.5. The molecule has 1 N–H and O–H groups in total. The van der Waals surface area contributed by atoms with Crippen molar-refractivity contribution >= 4 is 17.5 Å². The molecule has 1 fully saturated rings. The number of anilines is 1. The highest BCUT2D eigenvalue weighted by Gasteiger charge is 2.25. The molecule has 0 bridgehead atoms. The van der Waals surface area contributed by atoms with E-state index in [0.29, 0.717) is 23.0 Å². The van der Waals surface area contributed by atoms with Crippen molar-refractivity contribution in [2.24, 2.45) is 0 Å². The summed E-state index contributed by atoms with van der Waals surface area (Å²) in [7, 11) is 3.06. The molecule has 0 atom stereocenters. The lowest BCUT2D eigenvalue weighted by molar-refractivity contribution is -0.124. The summed E-state index contributed by atoms with van der Waals surface area (Å²) in [6.07, 6.45) is 5.30. The monoisotopic (exact) mass is 492 g/mol. The Morgan fingerprint density at radius 2 is 1.81 bits per heavy atom. The number of rotatable bonds is 9. The van der Waals surface area contributed by atoms with Gasteiger partial charge in [-0.1, -0.05) is 49.1 Å². The summed E-state index contributed by atoms with van der Waals surface area (Å²) in [5, 5.41) is 15.6. The van der Waals surface area contributed by atoms with Crippen molar-refractivity contribution in [1.82, 2.24) is 25.5 Å². The van der Waals surface area contributed by atoms with Gasteiger partial charge in [0.25, 0.3) is 5.91 Å². The second kappa shape index (κ2) is 11.7. The number of aromatic nitrogens is 4. The first-order chi connectivity index (χ1) is 17.5. The van der Waals surface area contributed by atoms with Gasteiger partial charge in [0.2, 0.25) is 11.7 Å². The van der Waals surface area contributed by atoms with E-state index in [4.69, 9.17) is 9.47 Å². The lowest BCUT2D eigenvalue weighted by Gasteiger charge is -2.27. The van der Waals surface area contributed by atoms with Crippen LogP contribution in [0.1, 0.15) is 37.7 Å². The van der Waals surface area contributed by atoms with Gasteiger partial charge in [-0.15, -0.1) is 10.2 Å². The maximum Gasteiger partial charge on any atom is 0.251 e. The van der Waals surface area contributed by atoms with Gasteiger partial charge in [0.15, 0.2) is 0 Å². The van der Waals surface area contributed by atoms with Crippen molar-refractivity contribution < 1.29 is 19.1 Å². The predicted molar refractivity (Wildman–Crippen MR) is 135 cm³/mol. The molecule has 0 saturated heterocycles. The number of ether oxygens (including phenoxy) is 2. The highest BCUT2D eigenvalue weighted by Crippen LogP contribution is 2.32. The normalized spacial score (nSPS) is 13.8. The molecule has 1 aliphatic rings. The molecule has 2 aromatic carbocycles. The summed E-state index contributed by atoms with van der Waals surface area (Å²) in [4.78, 5) is 29.1. The van der Waals surface area contributed by atoms with E-state index in [0.717, 1.165) is 36.8 Å². The Balaban J connectivity index is 1.55. The Bertz CT molecular complexity index is 1190. The molecule has 36 heavy (non-hydrogen) atoms. The topological polar surface area (TPSA) is 111 Å². The summed E-state index contributed by atoms with van der Waals surface area (Å²) in [5.41, 5.74) is 2.39. The Labute approximate surface area is 210 Å². The summed E-state index contributed by atoms with van der Waals surface area (Å²) in [6, 6.07) is 13.0. The minimum atomic E-state index is -0.370. The van der Waals surface area contributed by atoms with Crippen LogP contribution in [0.25, 0.3) is 11.4 Å². The summed E-state index contributed by atoms with van der Waals surface area (Å²) < 4.78 is 10.8. The number of hydrogen-bond donors (Lipinski definition) is 1. The number of amides is 2. The zero-order valence-electron chi connectivity index (χ0n) is 20.9. The number of nitrogens with zero attached hydrogens (tertiary/aromatic N) is 5. The smallest absolute Gasteiger partial charge is 0.251 e. The number of nitrogens with one attached hydrogen (secondary N) is 1. The van der Waals surface area contributed by atoms with Gasteiger partial charge < -0.3 is 14.8 Å². The molecule has 10 nitrogen and oxygen atoms in total. The average molecular weight is 493 g/mol. The lowest BCUT2D eigenvalue weighted by atomic mass is 9.95. The minimum absolute atomic E-state index is 0.134. The Kier molecular flexibility index (Phi) is 8.14. The Morgan fingerprint density at radius 3 is 2.50 bits per heavy atom. The second-order valence-corrected chi connectivity index (χ2v) is 8.93. The fourth-order valence-corrected chi connectivity index (χ4v) is 4.31. The quantitative estimate of drug-likeness (QED) is 0.488. The molecule has 10 heteroatoms. The predicted octanol–water partition coefficient (Wildman–Crippen LogP) is 3.15. The number of carbonyl (C=O) groups excluding carboxylic acids is 2. The van der Waals surface area contributed by atoms with Crippen molar-refractivity contribution in [1.29, 1.82) is 0 Å². The van der Waals surface area contributed by atoms with Crippen LogP contribution in [0.15, 0.2) is 42.5 Å². The number of methoxy groups -OCH3 is 2. The van der Waals surface area contributed by atoms with E-state index in [1.165, 1.54) is 23.2 Å². The molecule has 0 radical (unpaired) electrons. The maximum atomic E-state index is 13.5. The molecule has 0 spiro atoms. The largest absolute Gasteiger partial charge is 0.497 e. The van der Waals surface area contributed by atoms with E-state index >= 15 is 0 Å². The molecular weight excluding hydrogens is 460 g/mol. The molecule has 1 aromatic heterocycles. The Morgan fingerprint density at radius 1 is 1.06 bits per heavy atom. The molecule has 190 valence electrons. The zero-order valence-corrected chi connectivity index (χ0v) is 20.9. The summed E-state index contributed by atoms with van der Waals surface area (Å²) in [6.45, 7) is 1.65. The third-order valence-corrected chi connectivity index (χ3v) is 6.29. The third-order valence-electron chi connectivity index (χ3n) is 6.29. The molecule has 2 amide bonds. The van der Waals surface area contributed by atoms with Crippen LogP contribution in [-0.2, 0) is 16.1 Å². The standard InChI is InChI=1S/C26H32N6O4/c1-18-9-11-19(12-10-18)26-28-30-32(29-26)17-25(34)31(16-24(33)27-20-7-5-4-6-8-20)22-14-13-21(35-2)15-23(22)36-3/h9-15,20H,4-8,16-17H2,1-3H3,(H,27,33). The summed E-state index contributed by atoms with van der Waals surface area (Å²) >= 11 is 0. The van der Waals surface area contributed by atoms with Crippen molar-refractivity contribution in [3.63, 3.8) is 0 Å². The lowest BCUT2D eigenvalue weighted by Crippen LogP contribution is -2.46. The van der Waals surface area contributed by atoms with E-state index in [-0.39, 0.29) is 30.9 Å². The molecule has 3 aromatic rings. The van der Waals surface area contributed by atoms with Crippen molar-refractivity contribution in [3.8, 4) is 22.9 Å². The van der Waals surface area contributed by atoms with E-state index in [1.54, 1.807) is 25.3 Å². The highest BCUT2D eigenvalue weighted by molar-refractivity contribution is 6.00. The first-order valence-electron chi connectivity index (χ1n) is 12.1. The third kappa shape index (κ3) is 6.18. The molecule has 1 aliphatic carbocycles. The minimum Gasteiger partial charge on any atom is -0.497 e. The Hall–Kier alpha value is -3.95. The van der Waals surface area contributed by atoms with Gasteiger partial charge in [-0.3, -0.25) is 14.5 Å². The van der Waals surface area contributed by atoms with Gasteiger partial charge >= 0.3 is 0 Å². The molecule has 4 rings (SSSR count). The van der Waals surface area contributed by atoms with Gasteiger partial charge in [-0.25, -0.2) is 0 Å². The van der Waals surface area contributed by atoms with Crippen molar-refractivity contribution in [3.05, 3.63) is 48.0 Å². The van der Waals surface area contributed by atoms with Gasteiger partial charge in [-0.2, -0.15) is 4.80 Å².